The third-order valence-corrected chi connectivity index (χ3v) is 5.05. The first kappa shape index (κ1) is 21.6. The van der Waals surface area contributed by atoms with Crippen molar-refractivity contribution in [2.24, 2.45) is 0 Å². The van der Waals surface area contributed by atoms with Crippen LogP contribution in [0.25, 0.3) is 0 Å². The van der Waals surface area contributed by atoms with E-state index in [1.807, 2.05) is 23.7 Å². The van der Waals surface area contributed by atoms with Crippen LogP contribution < -0.4 is 14.9 Å². The van der Waals surface area contributed by atoms with E-state index in [1.54, 1.807) is 18.3 Å². The fourth-order valence-corrected chi connectivity index (χ4v) is 3.16. The molecule has 0 fully saturated rings. The summed E-state index contributed by atoms with van der Waals surface area (Å²) in [6.07, 6.45) is -3.10. The van der Waals surface area contributed by atoms with Gasteiger partial charge in [0, 0.05) is 26.8 Å². The number of anilines is 1. The van der Waals surface area contributed by atoms with Crippen LogP contribution in [0, 0.1) is 0 Å². The standard InChI is InChI=1S/C17H19F3N4O3S/c1-24(2)15-7-6-12(9-21-15)10-22-16(25)11-23-28(26,27)14-5-3-4-13(8-14)17(18,19)20/h3-9,23H,10-11H2,1-2H3,(H,22,25). The molecule has 0 atom stereocenters. The van der Waals surface area contributed by atoms with Crippen molar-refractivity contribution in [2.75, 3.05) is 25.5 Å². The molecule has 0 aliphatic rings. The molecule has 0 radical (unpaired) electrons. The molecule has 1 heterocycles. The van der Waals surface area contributed by atoms with E-state index in [0.29, 0.717) is 11.6 Å². The first-order chi connectivity index (χ1) is 13.0. The summed E-state index contributed by atoms with van der Waals surface area (Å²) < 4.78 is 64.4. The fraction of sp³-hybridized carbons (Fsp3) is 0.294. The van der Waals surface area contributed by atoms with Crippen molar-refractivity contribution in [3.63, 3.8) is 0 Å². The largest absolute Gasteiger partial charge is 0.416 e. The average molecular weight is 416 g/mol. The second-order valence-corrected chi connectivity index (χ2v) is 7.81. The zero-order valence-corrected chi connectivity index (χ0v) is 15.9. The number of pyridine rings is 1. The van der Waals surface area contributed by atoms with Crippen LogP contribution in [0.2, 0.25) is 0 Å². The summed E-state index contributed by atoms with van der Waals surface area (Å²) in [7, 11) is -0.598. The van der Waals surface area contributed by atoms with Gasteiger partial charge < -0.3 is 10.2 Å². The predicted molar refractivity (Wildman–Crippen MR) is 97.0 cm³/mol. The Kier molecular flexibility index (Phi) is 6.62. The molecule has 1 aromatic carbocycles. The number of nitrogens with one attached hydrogen (secondary N) is 2. The van der Waals surface area contributed by atoms with Crippen molar-refractivity contribution in [3.8, 4) is 0 Å². The van der Waals surface area contributed by atoms with Gasteiger partial charge in [0.1, 0.15) is 5.82 Å². The number of carbonyl (C=O) groups is 1. The third-order valence-electron chi connectivity index (χ3n) is 3.65. The smallest absolute Gasteiger partial charge is 0.363 e. The van der Waals surface area contributed by atoms with Crippen molar-refractivity contribution in [1.29, 1.82) is 0 Å². The number of benzene rings is 1. The van der Waals surface area contributed by atoms with Gasteiger partial charge in [-0.15, -0.1) is 0 Å². The van der Waals surface area contributed by atoms with E-state index < -0.39 is 39.1 Å². The molecule has 2 rings (SSSR count). The number of sulfonamides is 1. The minimum Gasteiger partial charge on any atom is -0.363 e. The van der Waals surface area contributed by atoms with E-state index in [4.69, 9.17) is 0 Å². The first-order valence-corrected chi connectivity index (χ1v) is 9.53. The SMILES string of the molecule is CN(C)c1ccc(CNC(=O)CNS(=O)(=O)c2cccc(C(F)(F)F)c2)cn1. The summed E-state index contributed by atoms with van der Waals surface area (Å²) in [5.41, 5.74) is -0.381. The van der Waals surface area contributed by atoms with Gasteiger partial charge in [-0.2, -0.15) is 13.2 Å². The summed E-state index contributed by atoms with van der Waals surface area (Å²) in [4.78, 5) is 17.3. The molecule has 2 aromatic rings. The van der Waals surface area contributed by atoms with Gasteiger partial charge >= 0.3 is 6.18 Å². The minimum atomic E-state index is -4.67. The molecule has 28 heavy (non-hydrogen) atoms. The molecular weight excluding hydrogens is 397 g/mol. The molecule has 1 amide bonds. The number of carbonyl (C=O) groups excluding carboxylic acids is 1. The van der Waals surface area contributed by atoms with Crippen molar-refractivity contribution in [1.82, 2.24) is 15.0 Å². The molecule has 152 valence electrons. The van der Waals surface area contributed by atoms with E-state index in [-0.39, 0.29) is 6.54 Å². The van der Waals surface area contributed by atoms with Gasteiger partial charge in [-0.25, -0.2) is 18.1 Å². The average Bonchev–Trinajstić information content (AvgIpc) is 2.64. The Morgan fingerprint density at radius 3 is 2.46 bits per heavy atom. The van der Waals surface area contributed by atoms with E-state index in [0.717, 1.165) is 24.0 Å². The Labute approximate surface area is 160 Å². The highest BCUT2D eigenvalue weighted by atomic mass is 32.2. The molecule has 2 N–H and O–H groups in total. The lowest BCUT2D eigenvalue weighted by Crippen LogP contribution is -2.36. The van der Waals surface area contributed by atoms with Crippen LogP contribution in [0.15, 0.2) is 47.5 Å². The highest BCUT2D eigenvalue weighted by molar-refractivity contribution is 7.89. The summed E-state index contributed by atoms with van der Waals surface area (Å²) in [5.74, 6) is 0.108. The van der Waals surface area contributed by atoms with Crippen LogP contribution in [-0.4, -0.2) is 39.9 Å². The van der Waals surface area contributed by atoms with Gasteiger partial charge in [0.25, 0.3) is 0 Å². The molecule has 0 unspecified atom stereocenters. The van der Waals surface area contributed by atoms with Crippen molar-refractivity contribution < 1.29 is 26.4 Å². The molecule has 0 aliphatic carbocycles. The second kappa shape index (κ2) is 8.57. The number of amides is 1. The highest BCUT2D eigenvalue weighted by Gasteiger charge is 2.31. The first-order valence-electron chi connectivity index (χ1n) is 8.05. The quantitative estimate of drug-likeness (QED) is 0.718. The number of hydrogen-bond acceptors (Lipinski definition) is 5. The molecular formula is C17H19F3N4O3S. The van der Waals surface area contributed by atoms with Gasteiger partial charge in [0.2, 0.25) is 15.9 Å². The zero-order valence-electron chi connectivity index (χ0n) is 15.1. The normalized spacial score (nSPS) is 11.9. The van der Waals surface area contributed by atoms with Gasteiger partial charge in [-0.1, -0.05) is 12.1 Å². The molecule has 0 aliphatic heterocycles. The van der Waals surface area contributed by atoms with Crippen LogP contribution in [0.1, 0.15) is 11.1 Å². The molecule has 1 aromatic heterocycles. The zero-order chi connectivity index (χ0) is 20.9. The Hall–Kier alpha value is -2.66. The summed E-state index contributed by atoms with van der Waals surface area (Å²) in [5, 5.41) is 2.51. The van der Waals surface area contributed by atoms with Crippen molar-refractivity contribution >= 4 is 21.7 Å². The maximum absolute atomic E-state index is 12.7. The Morgan fingerprint density at radius 1 is 1.18 bits per heavy atom. The molecule has 0 saturated carbocycles. The van der Waals surface area contributed by atoms with Gasteiger partial charge in [-0.3, -0.25) is 4.79 Å². The van der Waals surface area contributed by atoms with Crippen molar-refractivity contribution in [3.05, 3.63) is 53.7 Å². The molecule has 0 spiro atoms. The fourth-order valence-electron chi connectivity index (χ4n) is 2.13. The van der Waals surface area contributed by atoms with E-state index in [9.17, 15) is 26.4 Å². The van der Waals surface area contributed by atoms with Crippen LogP contribution in [-0.2, 0) is 27.5 Å². The number of rotatable bonds is 7. The monoisotopic (exact) mass is 416 g/mol. The lowest BCUT2D eigenvalue weighted by Gasteiger charge is -2.12. The van der Waals surface area contributed by atoms with Gasteiger partial charge in [-0.05, 0) is 29.8 Å². The number of nitrogens with zero attached hydrogens (tertiary/aromatic N) is 2. The Bertz CT molecular complexity index is 929. The molecule has 0 saturated heterocycles. The highest BCUT2D eigenvalue weighted by Crippen LogP contribution is 2.30. The topological polar surface area (TPSA) is 91.4 Å². The maximum atomic E-state index is 12.7. The van der Waals surface area contributed by atoms with Crippen molar-refractivity contribution in [2.45, 2.75) is 17.6 Å². The molecule has 7 nitrogen and oxygen atoms in total. The summed E-state index contributed by atoms with van der Waals surface area (Å²) >= 11 is 0. The predicted octanol–water partition coefficient (Wildman–Crippen LogP) is 1.76. The number of aromatic nitrogens is 1. The molecule has 0 bridgehead atoms. The summed E-state index contributed by atoms with van der Waals surface area (Å²) in [6, 6.07) is 6.81. The third kappa shape index (κ3) is 5.92. The summed E-state index contributed by atoms with van der Waals surface area (Å²) in [6.45, 7) is -0.480. The second-order valence-electron chi connectivity index (χ2n) is 6.05. The van der Waals surface area contributed by atoms with Gasteiger partial charge in [0.15, 0.2) is 0 Å². The maximum Gasteiger partial charge on any atom is 0.416 e. The van der Waals surface area contributed by atoms with Crippen LogP contribution in [0.5, 0.6) is 0 Å². The van der Waals surface area contributed by atoms with Crippen LogP contribution in [0.3, 0.4) is 0 Å². The Balaban J connectivity index is 1.92. The lowest BCUT2D eigenvalue weighted by molar-refractivity contribution is -0.137. The van der Waals surface area contributed by atoms with E-state index in [2.05, 4.69) is 10.3 Å². The van der Waals surface area contributed by atoms with Crippen LogP contribution >= 0.6 is 0 Å². The van der Waals surface area contributed by atoms with E-state index >= 15 is 0 Å². The number of alkyl halides is 3. The van der Waals surface area contributed by atoms with E-state index in [1.165, 1.54) is 0 Å². The number of hydrogen-bond donors (Lipinski definition) is 2. The van der Waals surface area contributed by atoms with Crippen LogP contribution in [0.4, 0.5) is 19.0 Å². The molecule has 11 heteroatoms. The van der Waals surface area contributed by atoms with Gasteiger partial charge in [0.05, 0.1) is 17.0 Å². The number of halogens is 3. The minimum absolute atomic E-state index is 0.130. The Morgan fingerprint density at radius 2 is 1.89 bits per heavy atom. The lowest BCUT2D eigenvalue weighted by atomic mass is 10.2.